The fourth-order valence-corrected chi connectivity index (χ4v) is 2.88. The molecule has 0 amide bonds. The molecule has 0 unspecified atom stereocenters. The summed E-state index contributed by atoms with van der Waals surface area (Å²) in [6, 6.07) is 5.98. The molecule has 2 rings (SSSR count). The van der Waals surface area contributed by atoms with Crippen LogP contribution in [0.4, 0.5) is 11.4 Å². The molecule has 2 aromatic rings. The maximum absolute atomic E-state index is 11.8. The first kappa shape index (κ1) is 17.2. The zero-order valence-corrected chi connectivity index (χ0v) is 13.4. The van der Waals surface area contributed by atoms with E-state index in [9.17, 15) is 34.2 Å². The van der Waals surface area contributed by atoms with Gasteiger partial charge in [-0.1, -0.05) is 0 Å². The third-order valence-corrected chi connectivity index (χ3v) is 4.16. The standard InChI is InChI=1S/C12H8AsN2O9/c16-11-3-1-7(5-9(11)14(19)20)23-13(18)24-8-2-4-12(17)10(6-8)15(21)22/h1-6,16-17H. The molecule has 0 saturated heterocycles. The third kappa shape index (κ3) is 3.96. The van der Waals surface area contributed by atoms with Crippen molar-refractivity contribution in [1.29, 1.82) is 0 Å². The van der Waals surface area contributed by atoms with Gasteiger partial charge in [-0.05, 0) is 0 Å². The van der Waals surface area contributed by atoms with Crippen LogP contribution in [0.25, 0.3) is 0 Å². The SMILES string of the molecule is O=[N+]([O-])c1cc(O[As](=O)Oc2ccc(O)c([N+](=O)[O-])c2)ccc1O. The van der Waals surface area contributed by atoms with Crippen molar-refractivity contribution in [2.45, 2.75) is 0 Å². The molecular formula is C12H8AsN2O9. The van der Waals surface area contributed by atoms with Crippen molar-refractivity contribution < 1.29 is 31.3 Å². The minimum atomic E-state index is -3.72. The van der Waals surface area contributed by atoms with Crippen LogP contribution in [0.1, 0.15) is 0 Å². The second kappa shape index (κ2) is 6.92. The molecule has 0 spiro atoms. The summed E-state index contributed by atoms with van der Waals surface area (Å²) in [4.78, 5) is 19.7. The molecule has 0 atom stereocenters. The summed E-state index contributed by atoms with van der Waals surface area (Å²) in [5.74, 6) is -1.54. The molecule has 0 aromatic heterocycles. The second-order valence-corrected chi connectivity index (χ2v) is 5.93. The van der Waals surface area contributed by atoms with Crippen LogP contribution >= 0.6 is 0 Å². The molecule has 0 aliphatic rings. The van der Waals surface area contributed by atoms with Crippen LogP contribution in [0, 0.1) is 20.2 Å². The molecule has 0 aliphatic carbocycles. The van der Waals surface area contributed by atoms with Crippen molar-refractivity contribution in [3.8, 4) is 23.0 Å². The Balaban J connectivity index is 2.14. The van der Waals surface area contributed by atoms with Crippen molar-refractivity contribution in [1.82, 2.24) is 0 Å². The summed E-state index contributed by atoms with van der Waals surface area (Å²) < 4.78 is 21.7. The topological polar surface area (TPSA) is 162 Å². The average Bonchev–Trinajstić information content (AvgIpc) is 2.50. The van der Waals surface area contributed by atoms with Crippen LogP contribution in [-0.4, -0.2) is 35.3 Å². The van der Waals surface area contributed by atoms with Gasteiger partial charge in [0.15, 0.2) is 0 Å². The normalized spacial score (nSPS) is 10.0. The van der Waals surface area contributed by atoms with E-state index in [4.69, 9.17) is 7.45 Å². The number of nitrogens with zero attached hydrogens (tertiary/aromatic N) is 2. The van der Waals surface area contributed by atoms with Crippen LogP contribution < -0.4 is 7.45 Å². The Labute approximate surface area is 138 Å². The maximum atomic E-state index is 11.8. The first-order valence-corrected chi connectivity index (χ1v) is 8.36. The number of hydrogen-bond donors (Lipinski definition) is 2. The molecule has 24 heavy (non-hydrogen) atoms. The fourth-order valence-electron chi connectivity index (χ4n) is 1.60. The molecule has 0 bridgehead atoms. The third-order valence-electron chi connectivity index (χ3n) is 2.65. The van der Waals surface area contributed by atoms with E-state index in [0.717, 1.165) is 36.4 Å². The zero-order chi connectivity index (χ0) is 17.9. The van der Waals surface area contributed by atoms with E-state index in [-0.39, 0.29) is 11.5 Å². The molecule has 125 valence electrons. The van der Waals surface area contributed by atoms with Gasteiger partial charge in [0.25, 0.3) is 0 Å². The van der Waals surface area contributed by atoms with E-state index in [2.05, 4.69) is 0 Å². The van der Waals surface area contributed by atoms with Gasteiger partial charge in [0, 0.05) is 0 Å². The molecule has 0 fully saturated rings. The number of phenolic OH excluding ortho intramolecular Hbond substituents is 2. The Hall–Kier alpha value is -3.20. The average molecular weight is 399 g/mol. The predicted octanol–water partition coefficient (Wildman–Crippen LogP) is 1.79. The second-order valence-electron chi connectivity index (χ2n) is 4.22. The number of hydrogen-bond acceptors (Lipinski definition) is 9. The van der Waals surface area contributed by atoms with E-state index >= 15 is 0 Å². The van der Waals surface area contributed by atoms with Gasteiger partial charge in [-0.25, -0.2) is 0 Å². The van der Waals surface area contributed by atoms with Crippen LogP contribution in [0.5, 0.6) is 23.0 Å². The quantitative estimate of drug-likeness (QED) is 0.419. The Morgan fingerprint density at radius 1 is 0.833 bits per heavy atom. The summed E-state index contributed by atoms with van der Waals surface area (Å²) >= 11 is -3.72. The van der Waals surface area contributed by atoms with Gasteiger partial charge in [0.05, 0.1) is 0 Å². The molecule has 11 nitrogen and oxygen atoms in total. The van der Waals surface area contributed by atoms with E-state index in [1.165, 1.54) is 0 Å². The summed E-state index contributed by atoms with van der Waals surface area (Å²) in [5.41, 5.74) is -1.29. The van der Waals surface area contributed by atoms with Gasteiger partial charge >= 0.3 is 138 Å². The summed E-state index contributed by atoms with van der Waals surface area (Å²) in [6.45, 7) is 0. The van der Waals surface area contributed by atoms with E-state index in [0.29, 0.717) is 0 Å². The fraction of sp³-hybridized carbons (Fsp3) is 0. The van der Waals surface area contributed by atoms with E-state index < -0.39 is 48.0 Å². The van der Waals surface area contributed by atoms with Crippen LogP contribution in [0.3, 0.4) is 0 Å². The van der Waals surface area contributed by atoms with Gasteiger partial charge in [-0.2, -0.15) is 0 Å². The van der Waals surface area contributed by atoms with Gasteiger partial charge < -0.3 is 0 Å². The molecule has 2 N–H and O–H groups in total. The molecule has 12 heteroatoms. The summed E-state index contributed by atoms with van der Waals surface area (Å²) in [5, 5.41) is 40.0. The number of benzene rings is 2. The van der Waals surface area contributed by atoms with Gasteiger partial charge in [0.1, 0.15) is 0 Å². The molecule has 0 heterocycles. The van der Waals surface area contributed by atoms with Crippen molar-refractivity contribution in [3.63, 3.8) is 0 Å². The summed E-state index contributed by atoms with van der Waals surface area (Å²) in [6.07, 6.45) is 0. The number of aromatic hydroxyl groups is 2. The molecular weight excluding hydrogens is 391 g/mol. The van der Waals surface area contributed by atoms with Crippen LogP contribution in [-0.2, 0) is 3.74 Å². The van der Waals surface area contributed by atoms with Gasteiger partial charge in [-0.15, -0.1) is 0 Å². The van der Waals surface area contributed by atoms with Crippen LogP contribution in [0.2, 0.25) is 0 Å². The molecule has 0 aliphatic heterocycles. The number of nitro benzene ring substituents is 2. The number of rotatable bonds is 6. The molecule has 1 radical (unpaired) electrons. The van der Waals surface area contributed by atoms with Crippen molar-refractivity contribution in [2.75, 3.05) is 0 Å². The minimum absolute atomic E-state index is 0.178. The number of nitro groups is 2. The first-order valence-electron chi connectivity index (χ1n) is 6.06. The van der Waals surface area contributed by atoms with Crippen molar-refractivity contribution in [2.24, 2.45) is 0 Å². The Kier molecular flexibility index (Phi) is 4.95. The Morgan fingerprint density at radius 2 is 1.21 bits per heavy atom. The zero-order valence-electron chi connectivity index (χ0n) is 11.6. The van der Waals surface area contributed by atoms with E-state index in [1.807, 2.05) is 0 Å². The summed E-state index contributed by atoms with van der Waals surface area (Å²) in [7, 11) is 0. The van der Waals surface area contributed by atoms with Crippen molar-refractivity contribution >= 4 is 26.6 Å². The molecule has 0 saturated carbocycles. The van der Waals surface area contributed by atoms with Crippen molar-refractivity contribution in [3.05, 3.63) is 56.6 Å². The molecule has 2 aromatic carbocycles. The van der Waals surface area contributed by atoms with E-state index in [1.54, 1.807) is 0 Å². The number of phenols is 2. The van der Waals surface area contributed by atoms with Crippen LogP contribution in [0.15, 0.2) is 36.4 Å². The van der Waals surface area contributed by atoms with Gasteiger partial charge in [0.2, 0.25) is 0 Å². The monoisotopic (exact) mass is 399 g/mol. The van der Waals surface area contributed by atoms with Gasteiger partial charge in [-0.3, -0.25) is 0 Å². The Bertz CT molecular complexity index is 772. The first-order chi connectivity index (χ1) is 11.3. The Morgan fingerprint density at radius 3 is 1.54 bits per heavy atom. The predicted molar refractivity (Wildman–Crippen MR) is 77.2 cm³/mol.